The van der Waals surface area contributed by atoms with Gasteiger partial charge in [0.25, 0.3) is 5.91 Å². The van der Waals surface area contributed by atoms with Crippen LogP contribution in [0.1, 0.15) is 52.0 Å². The number of amides is 1. The fourth-order valence-electron chi connectivity index (χ4n) is 7.97. The first kappa shape index (κ1) is 44.3. The molecule has 2 aromatic heterocycles. The largest absolute Gasteiger partial charge is 0.489 e. The van der Waals surface area contributed by atoms with Crippen LogP contribution in [-0.4, -0.2) is 84.6 Å². The van der Waals surface area contributed by atoms with Crippen molar-refractivity contribution in [2.24, 2.45) is 0 Å². The first-order valence-corrected chi connectivity index (χ1v) is 21.2. The fourth-order valence-corrected chi connectivity index (χ4v) is 8.14. The van der Waals surface area contributed by atoms with Crippen molar-refractivity contribution in [3.8, 4) is 40.4 Å². The quantitative estimate of drug-likeness (QED) is 0.0519. The van der Waals surface area contributed by atoms with Gasteiger partial charge in [0.2, 0.25) is 11.9 Å². The highest BCUT2D eigenvalue weighted by Crippen LogP contribution is 2.43. The molecule has 330 valence electrons. The molecular formula is C48H46ClN11O5. The van der Waals surface area contributed by atoms with Gasteiger partial charge in [0, 0.05) is 83.4 Å². The summed E-state index contributed by atoms with van der Waals surface area (Å²) in [7, 11) is 3.17. The molecule has 0 saturated heterocycles. The second kappa shape index (κ2) is 18.8. The average molecular weight is 892 g/mol. The van der Waals surface area contributed by atoms with E-state index in [4.69, 9.17) is 35.8 Å². The third-order valence-electron chi connectivity index (χ3n) is 11.6. The standard InChI is InChI=1S/C48H46ClN11O5/c1-47(26-61)24-55-42-32(21-50)15-30(17-35(42)47)37-9-11-53-45(57-37)59-39-19-28(44(62)52-3)5-6-29(39)23-64-27-48(2)25-56-43-33(22-51)16-31(18-36(43)48)38-10-12-54-46(58-38)60-40-20-34(49)7-8-41(40)65-14-13-63-4/h5-12,15-20,55-56,61H,13-14,23-27H2,1-4H3,(H,52,62)(H,53,57,59)(H,54,58,60)/t47-,48-/m1/s1. The van der Waals surface area contributed by atoms with E-state index in [0.29, 0.717) is 88.0 Å². The number of hydrogen-bond acceptors (Lipinski definition) is 15. The predicted molar refractivity (Wildman–Crippen MR) is 248 cm³/mol. The molecule has 0 bridgehead atoms. The third kappa shape index (κ3) is 9.20. The number of hydrogen-bond donors (Lipinski definition) is 6. The van der Waals surface area contributed by atoms with Gasteiger partial charge in [-0.3, -0.25) is 4.79 Å². The maximum absolute atomic E-state index is 12.8. The molecule has 0 aliphatic carbocycles. The number of carbonyl (C=O) groups excluding carboxylic acids is 1. The summed E-state index contributed by atoms with van der Waals surface area (Å²) in [6.45, 7) is 6.17. The summed E-state index contributed by atoms with van der Waals surface area (Å²) < 4.78 is 17.5. The lowest BCUT2D eigenvalue weighted by Gasteiger charge is -2.25. The van der Waals surface area contributed by atoms with E-state index >= 15 is 0 Å². The third-order valence-corrected chi connectivity index (χ3v) is 11.9. The van der Waals surface area contributed by atoms with Gasteiger partial charge in [0.1, 0.15) is 24.5 Å². The Bertz CT molecular complexity index is 2880. The number of aliphatic hydroxyl groups is 1. The number of halogens is 1. The summed E-state index contributed by atoms with van der Waals surface area (Å²) >= 11 is 6.33. The first-order valence-electron chi connectivity index (χ1n) is 20.8. The van der Waals surface area contributed by atoms with Crippen LogP contribution in [0.25, 0.3) is 22.5 Å². The van der Waals surface area contributed by atoms with Gasteiger partial charge in [0.05, 0.1) is 66.0 Å². The topological polar surface area (TPSA) is 224 Å². The number of nitrogens with zero attached hydrogens (tertiary/aromatic N) is 6. The van der Waals surface area contributed by atoms with Crippen molar-refractivity contribution < 1.29 is 24.1 Å². The Labute approximate surface area is 381 Å². The number of benzene rings is 4. The number of rotatable bonds is 16. The van der Waals surface area contributed by atoms with Crippen LogP contribution in [0.5, 0.6) is 5.75 Å². The SMILES string of the molecule is CNC(=O)c1ccc(COC[C@@]2(C)CNc3c(C#N)cc(-c4ccnc(Nc5cc(Cl)ccc5OCCOC)n4)cc32)c(Nc2nccc(-c3cc(C#N)c4c(c3)[C@@](C)(CO)CN4)n2)c1. The van der Waals surface area contributed by atoms with E-state index in [2.05, 4.69) is 55.6 Å². The molecule has 2 atom stereocenters. The van der Waals surface area contributed by atoms with Crippen LogP contribution in [0, 0.1) is 22.7 Å². The van der Waals surface area contributed by atoms with Gasteiger partial charge < -0.3 is 45.9 Å². The summed E-state index contributed by atoms with van der Waals surface area (Å²) in [6.07, 6.45) is 3.27. The molecule has 65 heavy (non-hydrogen) atoms. The zero-order valence-corrected chi connectivity index (χ0v) is 36.9. The summed E-state index contributed by atoms with van der Waals surface area (Å²) in [5, 5.41) is 46.9. The minimum Gasteiger partial charge on any atom is -0.489 e. The fraction of sp³-hybridized carbons (Fsp3) is 0.271. The van der Waals surface area contributed by atoms with E-state index in [1.165, 1.54) is 0 Å². The van der Waals surface area contributed by atoms with E-state index in [-0.39, 0.29) is 31.7 Å². The van der Waals surface area contributed by atoms with E-state index < -0.39 is 10.8 Å². The minimum atomic E-state index is -0.558. The van der Waals surface area contributed by atoms with Crippen molar-refractivity contribution in [2.75, 3.05) is 74.9 Å². The Morgan fingerprint density at radius 3 is 2.03 bits per heavy atom. The van der Waals surface area contributed by atoms with Crippen molar-refractivity contribution in [3.63, 3.8) is 0 Å². The van der Waals surface area contributed by atoms with Crippen LogP contribution < -0.4 is 31.3 Å². The zero-order valence-electron chi connectivity index (χ0n) is 36.2. The van der Waals surface area contributed by atoms with Gasteiger partial charge in [-0.2, -0.15) is 10.5 Å². The van der Waals surface area contributed by atoms with Crippen molar-refractivity contribution >= 4 is 52.2 Å². The summed E-state index contributed by atoms with van der Waals surface area (Å²) in [4.78, 5) is 31.3. The molecule has 0 radical (unpaired) electrons. The summed E-state index contributed by atoms with van der Waals surface area (Å²) in [5.74, 6) is 0.874. The number of nitrogens with one attached hydrogen (secondary N) is 5. The molecule has 2 aliphatic rings. The van der Waals surface area contributed by atoms with Crippen LogP contribution in [0.3, 0.4) is 0 Å². The van der Waals surface area contributed by atoms with Gasteiger partial charge in [0.15, 0.2) is 0 Å². The lowest BCUT2D eigenvalue weighted by molar-refractivity contribution is 0.0830. The highest BCUT2D eigenvalue weighted by molar-refractivity contribution is 6.31. The van der Waals surface area contributed by atoms with Crippen LogP contribution in [0.15, 0.2) is 85.2 Å². The van der Waals surface area contributed by atoms with Crippen molar-refractivity contribution in [2.45, 2.75) is 31.3 Å². The van der Waals surface area contributed by atoms with Crippen LogP contribution in [-0.2, 0) is 26.9 Å². The molecule has 8 rings (SSSR count). The van der Waals surface area contributed by atoms with Gasteiger partial charge in [-0.15, -0.1) is 0 Å². The number of aromatic nitrogens is 4. The Balaban J connectivity index is 1.03. The molecule has 1 amide bonds. The van der Waals surface area contributed by atoms with Crippen molar-refractivity contribution in [1.82, 2.24) is 25.3 Å². The van der Waals surface area contributed by atoms with Gasteiger partial charge in [-0.05, 0) is 77.9 Å². The van der Waals surface area contributed by atoms with Crippen molar-refractivity contribution in [3.05, 3.63) is 124 Å². The molecule has 0 spiro atoms. The van der Waals surface area contributed by atoms with Crippen LogP contribution in [0.4, 0.5) is 34.6 Å². The lowest BCUT2D eigenvalue weighted by Crippen LogP contribution is -2.30. The monoisotopic (exact) mass is 891 g/mol. The molecule has 16 nitrogen and oxygen atoms in total. The second-order valence-electron chi connectivity index (χ2n) is 16.3. The van der Waals surface area contributed by atoms with Crippen LogP contribution >= 0.6 is 11.6 Å². The number of nitriles is 2. The number of fused-ring (bicyclic) bond motifs is 2. The highest BCUT2D eigenvalue weighted by Gasteiger charge is 2.38. The van der Waals surface area contributed by atoms with Gasteiger partial charge >= 0.3 is 0 Å². The Hall–Kier alpha value is -7.34. The smallest absolute Gasteiger partial charge is 0.251 e. The Morgan fingerprint density at radius 1 is 0.815 bits per heavy atom. The molecule has 17 heteroatoms. The molecule has 6 N–H and O–H groups in total. The Kier molecular flexibility index (Phi) is 12.8. The summed E-state index contributed by atoms with van der Waals surface area (Å²) in [6, 6.07) is 26.2. The number of ether oxygens (including phenoxy) is 3. The van der Waals surface area contributed by atoms with Crippen molar-refractivity contribution in [1.29, 1.82) is 10.5 Å². The normalized spacial score (nSPS) is 16.9. The molecule has 2 aliphatic heterocycles. The molecular weight excluding hydrogens is 846 g/mol. The maximum Gasteiger partial charge on any atom is 0.251 e. The van der Waals surface area contributed by atoms with Gasteiger partial charge in [-0.25, -0.2) is 19.9 Å². The molecule has 0 saturated carbocycles. The summed E-state index contributed by atoms with van der Waals surface area (Å²) in [5.41, 5.74) is 7.94. The van der Waals surface area contributed by atoms with Gasteiger partial charge in [-0.1, -0.05) is 31.5 Å². The Morgan fingerprint density at radius 2 is 1.43 bits per heavy atom. The highest BCUT2D eigenvalue weighted by atomic mass is 35.5. The molecule has 0 unspecified atom stereocenters. The molecule has 4 heterocycles. The van der Waals surface area contributed by atoms with E-state index in [9.17, 15) is 20.4 Å². The maximum atomic E-state index is 12.8. The van der Waals surface area contributed by atoms with E-state index in [0.717, 1.165) is 33.6 Å². The minimum absolute atomic E-state index is 0.0866. The predicted octanol–water partition coefficient (Wildman–Crippen LogP) is 7.44. The molecule has 4 aromatic carbocycles. The van der Waals surface area contributed by atoms with Crippen LogP contribution in [0.2, 0.25) is 5.02 Å². The number of methoxy groups -OCH3 is 1. The average Bonchev–Trinajstić information content (AvgIpc) is 3.85. The second-order valence-corrected chi connectivity index (χ2v) is 16.7. The number of carbonyl (C=O) groups is 1. The lowest BCUT2D eigenvalue weighted by atomic mass is 9.83. The molecule has 0 fully saturated rings. The van der Waals surface area contributed by atoms with E-state index in [1.807, 2.05) is 31.2 Å². The zero-order chi connectivity index (χ0) is 45.7. The first-order chi connectivity index (χ1) is 31.5. The number of anilines is 6. The van der Waals surface area contributed by atoms with E-state index in [1.54, 1.807) is 75.1 Å². The molecule has 6 aromatic rings. The number of aliphatic hydroxyl groups excluding tert-OH is 1.